The molecule has 6 rings (SSSR count). The maximum absolute atomic E-state index is 14.3. The van der Waals surface area contributed by atoms with E-state index in [4.69, 9.17) is 74.3 Å². The van der Waals surface area contributed by atoms with Crippen LogP contribution in [0.5, 0.6) is 17.2 Å². The lowest BCUT2D eigenvalue weighted by molar-refractivity contribution is -0.193. The number of ether oxygens (including phenoxy) is 7. The van der Waals surface area contributed by atoms with Crippen LogP contribution in [0.2, 0.25) is 0 Å². The minimum absolute atomic E-state index is 0.0359. The second kappa shape index (κ2) is 27.8. The fraction of sp³-hybridized carbons (Fsp3) is 0.500. The van der Waals surface area contributed by atoms with Crippen molar-refractivity contribution in [1.29, 1.82) is 0 Å². The summed E-state index contributed by atoms with van der Waals surface area (Å²) < 4.78 is 165. The van der Waals surface area contributed by atoms with Crippen molar-refractivity contribution in [3.8, 4) is 17.2 Å². The normalized spacial score (nSPS) is 17.5. The Labute approximate surface area is 428 Å². The third kappa shape index (κ3) is 21.0. The summed E-state index contributed by atoms with van der Waals surface area (Å²) >= 11 is 1.53. The molecule has 0 spiro atoms. The topological polar surface area (TPSA) is 337 Å². The number of carboxylic acids is 3. The molecule has 5 atom stereocenters. The van der Waals surface area contributed by atoms with Crippen molar-refractivity contribution in [3.63, 3.8) is 0 Å². The molecule has 4 heterocycles. The lowest BCUT2D eigenvalue weighted by Gasteiger charge is -2.33. The number of fused-ring (bicyclic) bond motifs is 2. The molecule has 23 nitrogen and oxygen atoms in total. The van der Waals surface area contributed by atoms with Gasteiger partial charge >= 0.3 is 48.5 Å². The van der Waals surface area contributed by atoms with E-state index in [1.54, 1.807) is 24.3 Å². The number of alkyl carbamates (subject to hydrolysis) is 1. The van der Waals surface area contributed by atoms with E-state index in [2.05, 4.69) is 15.3 Å². The highest BCUT2D eigenvalue weighted by molar-refractivity contribution is 7.89. The van der Waals surface area contributed by atoms with Gasteiger partial charge in [0.25, 0.3) is 0 Å². The molecule has 1 amide bonds. The van der Waals surface area contributed by atoms with Crippen LogP contribution in [0.3, 0.4) is 0 Å². The molecule has 76 heavy (non-hydrogen) atoms. The number of carbonyl (C=O) groups excluding carboxylic acids is 2. The number of benzene rings is 2. The summed E-state index contributed by atoms with van der Waals surface area (Å²) in [6.45, 7) is 5.68. The first-order chi connectivity index (χ1) is 35.2. The summed E-state index contributed by atoms with van der Waals surface area (Å²) in [6, 6.07) is 10.5. The first kappa shape index (κ1) is 63.4. The van der Waals surface area contributed by atoms with Crippen molar-refractivity contribution < 1.29 is 120 Å². The van der Waals surface area contributed by atoms with E-state index in [1.807, 2.05) is 26.2 Å². The minimum atomic E-state index is -5.08. The van der Waals surface area contributed by atoms with Crippen LogP contribution in [0.25, 0.3) is 0 Å². The molecule has 2 aromatic carbocycles. The van der Waals surface area contributed by atoms with Crippen molar-refractivity contribution in [2.24, 2.45) is 28.3 Å². The van der Waals surface area contributed by atoms with E-state index in [0.29, 0.717) is 24.5 Å². The number of alkyl halides is 9. The zero-order valence-corrected chi connectivity index (χ0v) is 41.4. The summed E-state index contributed by atoms with van der Waals surface area (Å²) in [7, 11) is -4.23. The number of amides is 1. The Morgan fingerprint density at radius 1 is 0.882 bits per heavy atom. The molecular weight excluding hydrogens is 1100 g/mol. The van der Waals surface area contributed by atoms with Crippen molar-refractivity contribution in [1.82, 2.24) is 14.6 Å². The average Bonchev–Trinajstić information content (AvgIpc) is 4.14. The number of nitrogens with two attached hydrogens (primary N) is 2. The number of guanidine groups is 1. The van der Waals surface area contributed by atoms with Gasteiger partial charge in [-0.05, 0) is 55.5 Å². The monoisotopic (exact) mass is 1140 g/mol. The largest absolute Gasteiger partial charge is 0.490 e. The van der Waals surface area contributed by atoms with Crippen LogP contribution in [0.4, 0.5) is 44.3 Å². The highest BCUT2D eigenvalue weighted by atomic mass is 32.2. The number of nitrogens with zero attached hydrogens (tertiary/aromatic N) is 3. The zero-order chi connectivity index (χ0) is 57.3. The number of aryl methyl sites for hydroxylation is 1. The van der Waals surface area contributed by atoms with E-state index in [9.17, 15) is 57.5 Å². The van der Waals surface area contributed by atoms with Gasteiger partial charge in [-0.1, -0.05) is 26.0 Å². The van der Waals surface area contributed by atoms with Crippen LogP contribution in [-0.4, -0.2) is 152 Å². The minimum Gasteiger partial charge on any atom is -0.487 e. The third-order valence-electron chi connectivity index (χ3n) is 9.76. The van der Waals surface area contributed by atoms with Gasteiger partial charge in [0.1, 0.15) is 31.1 Å². The Balaban J connectivity index is 0.000000608. The number of rotatable bonds is 17. The van der Waals surface area contributed by atoms with Gasteiger partial charge in [0.15, 0.2) is 23.7 Å². The molecule has 0 saturated carbocycles. The van der Waals surface area contributed by atoms with Gasteiger partial charge in [-0.2, -0.15) is 43.8 Å². The molecule has 0 radical (unpaired) electrons. The van der Waals surface area contributed by atoms with Gasteiger partial charge in [-0.15, -0.1) is 11.3 Å². The Morgan fingerprint density at radius 2 is 1.46 bits per heavy atom. The number of sulfonamides is 1. The van der Waals surface area contributed by atoms with E-state index < -0.39 is 89.6 Å². The Kier molecular flexibility index (Phi) is 23.1. The fourth-order valence-corrected chi connectivity index (χ4v) is 8.66. The molecule has 0 aliphatic carbocycles. The third-order valence-corrected chi connectivity index (χ3v) is 12.4. The molecular formula is C42H49F9N6O17S2. The summed E-state index contributed by atoms with van der Waals surface area (Å²) in [5, 5.41) is 27.1. The number of hydrogen-bond acceptors (Lipinski definition) is 17. The Bertz CT molecular complexity index is 2530. The van der Waals surface area contributed by atoms with Crippen LogP contribution in [0, 0.1) is 18.8 Å². The number of hydrogen-bond donors (Lipinski definition) is 6. The number of carbonyl (C=O) groups is 5. The number of nitrogens with one attached hydrogen (secondary N) is 1. The Hall–Kier alpha value is -6.91. The average molecular weight is 1140 g/mol. The summed E-state index contributed by atoms with van der Waals surface area (Å²) in [5.41, 5.74) is 12.5. The lowest BCUT2D eigenvalue weighted by Crippen LogP contribution is -2.53. The molecule has 2 saturated heterocycles. The maximum Gasteiger partial charge on any atom is 0.490 e. The lowest BCUT2D eigenvalue weighted by atomic mass is 10.0. The second-order valence-electron chi connectivity index (χ2n) is 16.1. The standard InChI is InChI=1S/C36H46N6O11S2.3C2HF3O2/c1-21(2)15-42(55(45,46)26-8-9-29-30(13-26)51-20-50-29)16-31(52-33(43)14-39-35(37)38)28(41-36(44)53-32-18-49-34-27(32)10-11-47-34)12-23-4-6-25(7-5-23)48-17-24-19-54-22(3)40-24;3*3-2(4,5)1(6)7/h4-9,13,19,21,27-28,31-32,34H,10-12,14-18,20H2,1-3H3,(H,41,44)(H4,37,38,39);3*(H,6,7)/t27-,28-,31+,32-,34+;;;/m0.../s1. The molecule has 3 aliphatic heterocycles. The number of aliphatic imine (C=N–C) groups is 1. The van der Waals surface area contributed by atoms with Gasteiger partial charge in [-0.3, -0.25) is 4.79 Å². The smallest absolute Gasteiger partial charge is 0.487 e. The molecule has 0 unspecified atom stereocenters. The van der Waals surface area contributed by atoms with E-state index in [0.717, 1.165) is 16.3 Å². The molecule has 2 fully saturated rings. The highest BCUT2D eigenvalue weighted by Crippen LogP contribution is 2.36. The molecule has 34 heteroatoms. The SMILES string of the molecule is Cc1nc(COc2ccc(C[C@H](NC(=O)O[C@H]3CO[C@H]4OCC[C@H]43)[C@@H](CN(CC(C)C)S(=O)(=O)c3ccc4c(c3)OCO4)OC(=O)CN=C(N)N)cc2)cs1.O=C(O)C(F)(F)F.O=C(O)C(F)(F)F.O=C(O)C(F)(F)F. The summed E-state index contributed by atoms with van der Waals surface area (Å²) in [5.74, 6) is -8.44. The first-order valence-electron chi connectivity index (χ1n) is 21.5. The Morgan fingerprint density at radius 3 is 1.99 bits per heavy atom. The van der Waals surface area contributed by atoms with Crippen LogP contribution in [-0.2, 0) is 61.2 Å². The predicted octanol–water partition coefficient (Wildman–Crippen LogP) is 4.59. The number of carboxylic acid groups (broad SMARTS) is 3. The first-order valence-corrected chi connectivity index (χ1v) is 23.9. The van der Waals surface area contributed by atoms with E-state index in [1.165, 1.54) is 33.8 Å². The number of aliphatic carboxylic acids is 3. The van der Waals surface area contributed by atoms with Crippen molar-refractivity contribution in [2.45, 2.75) is 88.2 Å². The van der Waals surface area contributed by atoms with Gasteiger partial charge in [0.2, 0.25) is 16.8 Å². The fourth-order valence-electron chi connectivity index (χ4n) is 6.43. The van der Waals surface area contributed by atoms with Crippen molar-refractivity contribution >= 4 is 57.3 Å². The number of thiazole rings is 1. The maximum atomic E-state index is 14.3. The molecule has 0 bridgehead atoms. The zero-order valence-electron chi connectivity index (χ0n) is 39.7. The quantitative estimate of drug-likeness (QED) is 0.0466. The molecule has 1 aromatic heterocycles. The number of halogens is 9. The molecule has 3 aliphatic rings. The van der Waals surface area contributed by atoms with Crippen LogP contribution in [0.1, 0.15) is 36.5 Å². The van der Waals surface area contributed by atoms with Crippen molar-refractivity contribution in [2.75, 3.05) is 39.6 Å². The highest BCUT2D eigenvalue weighted by Gasteiger charge is 2.45. The predicted molar refractivity (Wildman–Crippen MR) is 240 cm³/mol. The van der Waals surface area contributed by atoms with Gasteiger partial charge in [0.05, 0.1) is 47.3 Å². The van der Waals surface area contributed by atoms with Gasteiger partial charge < -0.3 is 65.3 Å². The second-order valence-corrected chi connectivity index (χ2v) is 19.1. The van der Waals surface area contributed by atoms with E-state index >= 15 is 0 Å². The summed E-state index contributed by atoms with van der Waals surface area (Å²) in [4.78, 5) is 61.7. The van der Waals surface area contributed by atoms with E-state index in [-0.39, 0.29) is 68.0 Å². The van der Waals surface area contributed by atoms with Crippen LogP contribution >= 0.6 is 11.3 Å². The number of esters is 1. The van der Waals surface area contributed by atoms with Crippen molar-refractivity contribution in [3.05, 3.63) is 64.1 Å². The molecule has 3 aromatic rings. The van der Waals surface area contributed by atoms with Gasteiger partial charge in [0, 0.05) is 18.0 Å². The van der Waals surface area contributed by atoms with Crippen LogP contribution in [0.15, 0.2) is 57.7 Å². The number of aromatic nitrogens is 1. The summed E-state index contributed by atoms with van der Waals surface area (Å²) in [6.07, 6.45) is -17.6. The molecule has 424 valence electrons. The van der Waals surface area contributed by atoms with Gasteiger partial charge in [-0.25, -0.2) is 37.6 Å². The van der Waals surface area contributed by atoms with Crippen LogP contribution < -0.4 is 31.0 Å². The molecule has 8 N–H and O–H groups in total.